The van der Waals surface area contributed by atoms with Crippen LogP contribution in [0.25, 0.3) is 0 Å². The van der Waals surface area contributed by atoms with E-state index in [9.17, 15) is 0 Å². The highest BCUT2D eigenvalue weighted by Gasteiger charge is 2.05. The van der Waals surface area contributed by atoms with Gasteiger partial charge in [0.2, 0.25) is 11.7 Å². The molecule has 1 heterocycles. The van der Waals surface area contributed by atoms with Crippen molar-refractivity contribution in [3.05, 3.63) is 12.2 Å². The molecule has 0 amide bonds. The fraction of sp³-hybridized carbons (Fsp3) is 0.700. The summed E-state index contributed by atoms with van der Waals surface area (Å²) in [6.07, 6.45) is 2.58. The highest BCUT2D eigenvalue weighted by molar-refractivity contribution is 5.93. The van der Waals surface area contributed by atoms with E-state index in [1.54, 1.807) is 4.68 Å². The summed E-state index contributed by atoms with van der Waals surface area (Å²) < 4.78 is 7.04. The third-order valence-electron chi connectivity index (χ3n) is 2.18. The van der Waals surface area contributed by atoms with Gasteiger partial charge in [0, 0.05) is 6.61 Å². The van der Waals surface area contributed by atoms with E-state index >= 15 is 0 Å². The van der Waals surface area contributed by atoms with Crippen molar-refractivity contribution in [1.29, 1.82) is 0 Å². The molecule has 7 nitrogen and oxygen atoms in total. The molecule has 0 aliphatic carbocycles. The van der Waals surface area contributed by atoms with E-state index in [1.165, 1.54) is 6.33 Å². The Morgan fingerprint density at radius 1 is 1.59 bits per heavy atom. The Labute approximate surface area is 100 Å². The van der Waals surface area contributed by atoms with Gasteiger partial charge in [-0.15, -0.1) is 5.10 Å². The van der Waals surface area contributed by atoms with Crippen molar-refractivity contribution in [2.75, 3.05) is 13.2 Å². The van der Waals surface area contributed by atoms with Crippen LogP contribution in [0.3, 0.4) is 0 Å². The van der Waals surface area contributed by atoms with Crippen LogP contribution in [-0.2, 0) is 11.3 Å². The number of amidine groups is 1. The molecule has 0 saturated carbocycles. The van der Waals surface area contributed by atoms with E-state index in [-0.39, 0.29) is 11.7 Å². The van der Waals surface area contributed by atoms with E-state index in [0.717, 1.165) is 13.0 Å². The SMILES string of the molecule is CC(C)CCOCCn1cnc(C(N)=NO)n1. The van der Waals surface area contributed by atoms with Crippen molar-refractivity contribution in [3.8, 4) is 0 Å². The maximum atomic E-state index is 8.44. The molecule has 1 rings (SSSR count). The zero-order valence-corrected chi connectivity index (χ0v) is 10.2. The Kier molecular flexibility index (Phi) is 5.41. The Morgan fingerprint density at radius 3 is 3.00 bits per heavy atom. The van der Waals surface area contributed by atoms with Crippen molar-refractivity contribution in [2.24, 2.45) is 16.8 Å². The van der Waals surface area contributed by atoms with Gasteiger partial charge in [0.1, 0.15) is 6.33 Å². The third-order valence-corrected chi connectivity index (χ3v) is 2.18. The van der Waals surface area contributed by atoms with E-state index in [2.05, 4.69) is 29.1 Å². The summed E-state index contributed by atoms with van der Waals surface area (Å²) in [6.45, 7) is 6.24. The average molecular weight is 241 g/mol. The summed E-state index contributed by atoms with van der Waals surface area (Å²) in [5, 5.41) is 15.3. The number of nitrogens with zero attached hydrogens (tertiary/aromatic N) is 4. The quantitative estimate of drug-likeness (QED) is 0.237. The molecule has 7 heteroatoms. The summed E-state index contributed by atoms with van der Waals surface area (Å²) in [4.78, 5) is 3.89. The summed E-state index contributed by atoms with van der Waals surface area (Å²) in [5.74, 6) is 0.771. The first kappa shape index (κ1) is 13.4. The summed E-state index contributed by atoms with van der Waals surface area (Å²) in [7, 11) is 0. The lowest BCUT2D eigenvalue weighted by atomic mass is 10.1. The normalized spacial score (nSPS) is 12.3. The van der Waals surface area contributed by atoms with E-state index < -0.39 is 0 Å². The Balaban J connectivity index is 2.26. The molecule has 0 aliphatic rings. The van der Waals surface area contributed by atoms with Crippen LogP contribution in [0.2, 0.25) is 0 Å². The Bertz CT molecular complexity index is 361. The van der Waals surface area contributed by atoms with Gasteiger partial charge in [0.15, 0.2) is 0 Å². The lowest BCUT2D eigenvalue weighted by Gasteiger charge is -2.05. The fourth-order valence-corrected chi connectivity index (χ4v) is 1.14. The molecular formula is C10H19N5O2. The molecule has 0 unspecified atom stereocenters. The highest BCUT2D eigenvalue weighted by atomic mass is 16.5. The minimum Gasteiger partial charge on any atom is -0.409 e. The first-order valence-corrected chi connectivity index (χ1v) is 5.58. The standard InChI is InChI=1S/C10H19N5O2/c1-8(2)3-5-17-6-4-15-7-12-10(13-15)9(11)14-16/h7-8,16H,3-6H2,1-2H3,(H2,11,14). The first-order chi connectivity index (χ1) is 8.13. The van der Waals surface area contributed by atoms with Gasteiger partial charge in [-0.3, -0.25) is 0 Å². The van der Waals surface area contributed by atoms with Gasteiger partial charge in [-0.1, -0.05) is 19.0 Å². The number of oxime groups is 1. The van der Waals surface area contributed by atoms with Crippen molar-refractivity contribution in [1.82, 2.24) is 14.8 Å². The second kappa shape index (κ2) is 6.85. The second-order valence-electron chi connectivity index (χ2n) is 4.11. The average Bonchev–Trinajstić information content (AvgIpc) is 2.76. The monoisotopic (exact) mass is 241 g/mol. The molecule has 0 spiro atoms. The lowest BCUT2D eigenvalue weighted by molar-refractivity contribution is 0.114. The minimum atomic E-state index is -0.0931. The van der Waals surface area contributed by atoms with Gasteiger partial charge in [-0.05, 0) is 12.3 Å². The molecule has 0 fully saturated rings. The van der Waals surface area contributed by atoms with Gasteiger partial charge in [0.05, 0.1) is 13.2 Å². The predicted octanol–water partition coefficient (Wildman–Crippen LogP) is 0.435. The number of hydrogen-bond donors (Lipinski definition) is 2. The molecule has 3 N–H and O–H groups in total. The molecule has 1 aromatic rings. The number of aromatic nitrogens is 3. The zero-order valence-electron chi connectivity index (χ0n) is 10.2. The molecule has 1 aromatic heterocycles. The van der Waals surface area contributed by atoms with Gasteiger partial charge < -0.3 is 15.7 Å². The molecule has 0 bridgehead atoms. The first-order valence-electron chi connectivity index (χ1n) is 5.58. The van der Waals surface area contributed by atoms with Crippen LogP contribution in [0, 0.1) is 5.92 Å². The maximum Gasteiger partial charge on any atom is 0.219 e. The summed E-state index contributed by atoms with van der Waals surface area (Å²) in [5.41, 5.74) is 5.35. The third kappa shape index (κ3) is 4.81. The van der Waals surface area contributed by atoms with Crippen molar-refractivity contribution in [2.45, 2.75) is 26.8 Å². The van der Waals surface area contributed by atoms with Gasteiger partial charge >= 0.3 is 0 Å². The largest absolute Gasteiger partial charge is 0.409 e. The van der Waals surface area contributed by atoms with E-state index in [0.29, 0.717) is 19.1 Å². The molecule has 0 aliphatic heterocycles. The number of nitrogens with two attached hydrogens (primary N) is 1. The fourth-order valence-electron chi connectivity index (χ4n) is 1.14. The van der Waals surface area contributed by atoms with Crippen LogP contribution in [0.1, 0.15) is 26.1 Å². The lowest BCUT2D eigenvalue weighted by Crippen LogP contribution is -2.16. The zero-order chi connectivity index (χ0) is 12.7. The highest BCUT2D eigenvalue weighted by Crippen LogP contribution is 1.99. The molecule has 0 aromatic carbocycles. The van der Waals surface area contributed by atoms with Crippen LogP contribution in [0.4, 0.5) is 0 Å². The molecule has 0 atom stereocenters. The van der Waals surface area contributed by atoms with Gasteiger partial charge in [-0.25, -0.2) is 9.67 Å². The summed E-state index contributed by atoms with van der Waals surface area (Å²) in [6, 6.07) is 0. The molecular weight excluding hydrogens is 222 g/mol. The van der Waals surface area contributed by atoms with Crippen molar-refractivity contribution in [3.63, 3.8) is 0 Å². The van der Waals surface area contributed by atoms with Crippen LogP contribution < -0.4 is 5.73 Å². The predicted molar refractivity (Wildman–Crippen MR) is 62.8 cm³/mol. The van der Waals surface area contributed by atoms with Crippen LogP contribution in [-0.4, -0.2) is 39.0 Å². The molecule has 17 heavy (non-hydrogen) atoms. The second-order valence-corrected chi connectivity index (χ2v) is 4.11. The molecule has 0 radical (unpaired) electrons. The van der Waals surface area contributed by atoms with Gasteiger partial charge in [0.25, 0.3) is 0 Å². The Morgan fingerprint density at radius 2 is 2.35 bits per heavy atom. The van der Waals surface area contributed by atoms with Crippen molar-refractivity contribution >= 4 is 5.84 Å². The number of hydrogen-bond acceptors (Lipinski definition) is 5. The topological polar surface area (TPSA) is 98.6 Å². The smallest absolute Gasteiger partial charge is 0.219 e. The van der Waals surface area contributed by atoms with Crippen LogP contribution in [0.5, 0.6) is 0 Å². The van der Waals surface area contributed by atoms with Crippen LogP contribution >= 0.6 is 0 Å². The maximum absolute atomic E-state index is 8.44. The molecule has 96 valence electrons. The van der Waals surface area contributed by atoms with Crippen LogP contribution in [0.15, 0.2) is 11.5 Å². The summed E-state index contributed by atoms with van der Waals surface area (Å²) >= 11 is 0. The van der Waals surface area contributed by atoms with E-state index in [1.807, 2.05) is 0 Å². The van der Waals surface area contributed by atoms with Crippen molar-refractivity contribution < 1.29 is 9.94 Å². The molecule has 0 saturated heterocycles. The number of rotatable bonds is 7. The van der Waals surface area contributed by atoms with Gasteiger partial charge in [-0.2, -0.15) is 0 Å². The number of ether oxygens (including phenoxy) is 1. The minimum absolute atomic E-state index is 0.0931. The Hall–Kier alpha value is -1.63. The van der Waals surface area contributed by atoms with E-state index in [4.69, 9.17) is 15.7 Å².